The van der Waals surface area contributed by atoms with Gasteiger partial charge >= 0.3 is 0 Å². The number of rotatable bonds is 6. The SMILES string of the molecule is COc1cccc(C=Cc2nc3ccccn3c(=O)c2Br)c1OCC1CC1. The quantitative estimate of drug-likeness (QED) is 0.585. The summed E-state index contributed by atoms with van der Waals surface area (Å²) in [4.78, 5) is 17.1. The van der Waals surface area contributed by atoms with Gasteiger partial charge < -0.3 is 9.47 Å². The van der Waals surface area contributed by atoms with Crippen molar-refractivity contribution in [1.29, 1.82) is 0 Å². The van der Waals surface area contributed by atoms with E-state index < -0.39 is 0 Å². The molecular formula is C21H19BrN2O3. The second kappa shape index (κ2) is 7.56. The van der Waals surface area contributed by atoms with Crippen LogP contribution in [0.3, 0.4) is 0 Å². The Morgan fingerprint density at radius 1 is 1.22 bits per heavy atom. The number of benzene rings is 1. The summed E-state index contributed by atoms with van der Waals surface area (Å²) in [6.07, 6.45) is 7.86. The summed E-state index contributed by atoms with van der Waals surface area (Å²) in [6, 6.07) is 11.2. The van der Waals surface area contributed by atoms with E-state index >= 15 is 0 Å². The number of hydrogen-bond acceptors (Lipinski definition) is 4. The number of nitrogens with zero attached hydrogens (tertiary/aromatic N) is 2. The van der Waals surface area contributed by atoms with E-state index in [1.807, 2.05) is 36.4 Å². The highest BCUT2D eigenvalue weighted by molar-refractivity contribution is 9.10. The molecule has 0 spiro atoms. The Hall–Kier alpha value is -2.60. The fourth-order valence-corrected chi connectivity index (χ4v) is 3.24. The van der Waals surface area contributed by atoms with Crippen LogP contribution < -0.4 is 15.0 Å². The maximum absolute atomic E-state index is 12.5. The highest BCUT2D eigenvalue weighted by Crippen LogP contribution is 2.36. The number of para-hydroxylation sites is 1. The maximum atomic E-state index is 12.5. The second-order valence-corrected chi connectivity index (χ2v) is 7.30. The fourth-order valence-electron chi connectivity index (χ4n) is 2.83. The van der Waals surface area contributed by atoms with Gasteiger partial charge in [0.15, 0.2) is 11.5 Å². The minimum absolute atomic E-state index is 0.143. The van der Waals surface area contributed by atoms with Crippen LogP contribution in [0.5, 0.6) is 11.5 Å². The Bertz CT molecular complexity index is 1070. The largest absolute Gasteiger partial charge is 0.493 e. The molecule has 0 unspecified atom stereocenters. The molecule has 2 heterocycles. The summed E-state index contributed by atoms with van der Waals surface area (Å²) < 4.78 is 13.4. The van der Waals surface area contributed by atoms with E-state index in [1.54, 1.807) is 25.4 Å². The van der Waals surface area contributed by atoms with Gasteiger partial charge in [-0.3, -0.25) is 9.20 Å². The molecule has 1 fully saturated rings. The average molecular weight is 427 g/mol. The van der Waals surface area contributed by atoms with Gasteiger partial charge in [-0.2, -0.15) is 0 Å². The van der Waals surface area contributed by atoms with E-state index in [1.165, 1.54) is 17.2 Å². The first kappa shape index (κ1) is 17.8. The van der Waals surface area contributed by atoms with Crippen LogP contribution in [-0.4, -0.2) is 23.1 Å². The van der Waals surface area contributed by atoms with Crippen LogP contribution in [0.2, 0.25) is 0 Å². The lowest BCUT2D eigenvalue weighted by molar-refractivity contribution is 0.280. The zero-order chi connectivity index (χ0) is 18.8. The van der Waals surface area contributed by atoms with Crippen molar-refractivity contribution in [2.24, 2.45) is 5.92 Å². The monoisotopic (exact) mass is 426 g/mol. The van der Waals surface area contributed by atoms with Crippen molar-refractivity contribution in [3.05, 3.63) is 68.7 Å². The van der Waals surface area contributed by atoms with E-state index in [9.17, 15) is 4.79 Å². The van der Waals surface area contributed by atoms with Gasteiger partial charge in [0, 0.05) is 11.8 Å². The number of ether oxygens (including phenoxy) is 2. The topological polar surface area (TPSA) is 52.8 Å². The number of fused-ring (bicyclic) bond motifs is 1. The Morgan fingerprint density at radius 2 is 2.07 bits per heavy atom. The van der Waals surface area contributed by atoms with Crippen molar-refractivity contribution in [2.75, 3.05) is 13.7 Å². The molecule has 0 atom stereocenters. The van der Waals surface area contributed by atoms with Gasteiger partial charge in [-0.15, -0.1) is 0 Å². The van der Waals surface area contributed by atoms with E-state index in [2.05, 4.69) is 20.9 Å². The Kier molecular flexibility index (Phi) is 4.99. The standard InChI is InChI=1S/C21H19BrN2O3/c1-26-17-6-4-5-15(20(17)27-13-14-8-9-14)10-11-16-19(22)21(25)24-12-3-2-7-18(24)23-16/h2-7,10-12,14H,8-9,13H2,1H3. The molecule has 1 aromatic carbocycles. The maximum Gasteiger partial charge on any atom is 0.272 e. The summed E-state index contributed by atoms with van der Waals surface area (Å²) in [6.45, 7) is 0.695. The normalized spacial score (nSPS) is 14.0. The molecule has 1 aliphatic carbocycles. The Balaban J connectivity index is 1.71. The summed E-state index contributed by atoms with van der Waals surface area (Å²) in [5, 5.41) is 0. The van der Waals surface area contributed by atoms with E-state index in [-0.39, 0.29) is 5.56 Å². The van der Waals surface area contributed by atoms with E-state index in [0.29, 0.717) is 34.1 Å². The Morgan fingerprint density at radius 3 is 2.85 bits per heavy atom. The number of hydrogen-bond donors (Lipinski definition) is 0. The molecular weight excluding hydrogens is 408 g/mol. The molecule has 0 aliphatic heterocycles. The van der Waals surface area contributed by atoms with Crippen molar-refractivity contribution >= 4 is 33.7 Å². The van der Waals surface area contributed by atoms with Gasteiger partial charge in [-0.25, -0.2) is 4.98 Å². The number of pyridine rings is 1. The summed E-state index contributed by atoms with van der Waals surface area (Å²) in [7, 11) is 1.63. The Labute approximate surface area is 165 Å². The third kappa shape index (κ3) is 3.76. The molecule has 2 aromatic heterocycles. The van der Waals surface area contributed by atoms with Crippen LogP contribution in [0.1, 0.15) is 24.1 Å². The van der Waals surface area contributed by atoms with Gasteiger partial charge in [-0.1, -0.05) is 18.2 Å². The van der Waals surface area contributed by atoms with Crippen molar-refractivity contribution in [3.63, 3.8) is 0 Å². The van der Waals surface area contributed by atoms with E-state index in [4.69, 9.17) is 9.47 Å². The third-order valence-corrected chi connectivity index (χ3v) is 5.26. The van der Waals surface area contributed by atoms with Gasteiger partial charge in [0.25, 0.3) is 5.56 Å². The molecule has 1 saturated carbocycles. The van der Waals surface area contributed by atoms with E-state index in [0.717, 1.165) is 11.3 Å². The zero-order valence-electron chi connectivity index (χ0n) is 14.9. The molecule has 0 radical (unpaired) electrons. The number of methoxy groups -OCH3 is 1. The molecule has 27 heavy (non-hydrogen) atoms. The molecule has 5 nitrogen and oxygen atoms in total. The predicted octanol–water partition coefficient (Wildman–Crippen LogP) is 4.42. The highest BCUT2D eigenvalue weighted by Gasteiger charge is 2.23. The van der Waals surface area contributed by atoms with Gasteiger partial charge in [0.2, 0.25) is 0 Å². The van der Waals surface area contributed by atoms with Crippen LogP contribution in [-0.2, 0) is 0 Å². The lowest BCUT2D eigenvalue weighted by Crippen LogP contribution is -2.16. The first-order valence-corrected chi connectivity index (χ1v) is 9.61. The number of halogens is 1. The highest BCUT2D eigenvalue weighted by atomic mass is 79.9. The van der Waals surface area contributed by atoms with Crippen molar-refractivity contribution in [3.8, 4) is 11.5 Å². The van der Waals surface area contributed by atoms with Crippen molar-refractivity contribution in [1.82, 2.24) is 9.38 Å². The second-order valence-electron chi connectivity index (χ2n) is 6.51. The predicted molar refractivity (Wildman–Crippen MR) is 109 cm³/mol. The van der Waals surface area contributed by atoms with Gasteiger partial charge in [0.05, 0.1) is 19.4 Å². The van der Waals surface area contributed by atoms with Crippen molar-refractivity contribution < 1.29 is 9.47 Å². The minimum Gasteiger partial charge on any atom is -0.493 e. The average Bonchev–Trinajstić information content (AvgIpc) is 3.52. The molecule has 0 bridgehead atoms. The molecule has 1 aliphatic rings. The zero-order valence-corrected chi connectivity index (χ0v) is 16.5. The van der Waals surface area contributed by atoms with Crippen molar-refractivity contribution in [2.45, 2.75) is 12.8 Å². The molecule has 0 saturated heterocycles. The molecule has 3 aromatic rings. The van der Waals surface area contributed by atoms with Gasteiger partial charge in [0.1, 0.15) is 10.1 Å². The molecule has 4 rings (SSSR count). The van der Waals surface area contributed by atoms with Gasteiger partial charge in [-0.05, 0) is 65.0 Å². The van der Waals surface area contributed by atoms with Crippen LogP contribution in [0.4, 0.5) is 0 Å². The first-order chi connectivity index (χ1) is 13.2. The van der Waals surface area contributed by atoms with Crippen LogP contribution in [0.25, 0.3) is 17.8 Å². The van der Waals surface area contributed by atoms with Crippen LogP contribution >= 0.6 is 15.9 Å². The third-order valence-electron chi connectivity index (χ3n) is 4.52. The lowest BCUT2D eigenvalue weighted by atomic mass is 10.1. The lowest BCUT2D eigenvalue weighted by Gasteiger charge is -2.13. The molecule has 0 amide bonds. The summed E-state index contributed by atoms with van der Waals surface area (Å²) >= 11 is 3.38. The fraction of sp³-hybridized carbons (Fsp3) is 0.238. The molecule has 6 heteroatoms. The van der Waals surface area contributed by atoms with Crippen LogP contribution in [0.15, 0.2) is 51.9 Å². The minimum atomic E-state index is -0.143. The molecule has 138 valence electrons. The van der Waals surface area contributed by atoms with Crippen LogP contribution in [0, 0.1) is 5.92 Å². The first-order valence-electron chi connectivity index (χ1n) is 8.82. The number of aromatic nitrogens is 2. The smallest absolute Gasteiger partial charge is 0.272 e. The summed E-state index contributed by atoms with van der Waals surface area (Å²) in [5.74, 6) is 2.06. The summed E-state index contributed by atoms with van der Waals surface area (Å²) in [5.41, 5.74) is 1.91. The molecule has 0 N–H and O–H groups in total.